The molecular formula is C17H16N2O3S2. The number of thiophene rings is 1. The zero-order chi connectivity index (χ0) is 16.9. The number of nitrogens with zero attached hydrogens (tertiary/aromatic N) is 1. The zero-order valence-electron chi connectivity index (χ0n) is 13.0. The normalized spacial score (nSPS) is 10.6. The monoisotopic (exact) mass is 360 g/mol. The minimum atomic E-state index is -0.348. The molecule has 3 rings (SSSR count). The van der Waals surface area contributed by atoms with Gasteiger partial charge in [-0.25, -0.2) is 4.98 Å². The predicted molar refractivity (Wildman–Crippen MR) is 96.3 cm³/mol. The molecule has 3 aromatic rings. The van der Waals surface area contributed by atoms with Crippen molar-refractivity contribution in [2.45, 2.75) is 6.42 Å². The van der Waals surface area contributed by atoms with Gasteiger partial charge < -0.3 is 9.47 Å². The van der Waals surface area contributed by atoms with E-state index in [1.54, 1.807) is 18.4 Å². The predicted octanol–water partition coefficient (Wildman–Crippen LogP) is 3.55. The highest BCUT2D eigenvalue weighted by Gasteiger charge is 2.18. The average Bonchev–Trinajstić information content (AvgIpc) is 3.24. The van der Waals surface area contributed by atoms with Crippen molar-refractivity contribution in [3.05, 3.63) is 46.0 Å². The van der Waals surface area contributed by atoms with Gasteiger partial charge >= 0.3 is 5.97 Å². The van der Waals surface area contributed by atoms with E-state index in [0.717, 1.165) is 32.5 Å². The molecule has 0 aliphatic carbocycles. The summed E-state index contributed by atoms with van der Waals surface area (Å²) < 4.78 is 10.1. The smallest absolute Gasteiger partial charge is 0.312 e. The van der Waals surface area contributed by atoms with Crippen molar-refractivity contribution in [3.63, 3.8) is 0 Å². The minimum Gasteiger partial charge on any atom is -0.497 e. The molecule has 0 spiro atoms. The molecule has 0 bridgehead atoms. The van der Waals surface area contributed by atoms with Crippen LogP contribution in [0.2, 0.25) is 0 Å². The fraction of sp³-hybridized carbons (Fsp3) is 0.176. The summed E-state index contributed by atoms with van der Waals surface area (Å²) in [7, 11) is 1.63. The van der Waals surface area contributed by atoms with E-state index < -0.39 is 0 Å². The molecule has 2 aromatic heterocycles. The quantitative estimate of drug-likeness (QED) is 0.537. The summed E-state index contributed by atoms with van der Waals surface area (Å²) in [6.45, 7) is -0.114. The fourth-order valence-electron chi connectivity index (χ4n) is 2.23. The molecule has 0 aliphatic rings. The molecule has 0 atom stereocenters. The van der Waals surface area contributed by atoms with Gasteiger partial charge in [-0.2, -0.15) is 11.3 Å². The second kappa shape index (κ2) is 7.57. The molecule has 0 amide bonds. The van der Waals surface area contributed by atoms with Crippen LogP contribution < -0.4 is 10.5 Å². The Kier molecular flexibility index (Phi) is 5.24. The molecule has 0 unspecified atom stereocenters. The van der Waals surface area contributed by atoms with Gasteiger partial charge in [0.1, 0.15) is 17.5 Å². The number of benzene rings is 1. The Morgan fingerprint density at radius 3 is 2.62 bits per heavy atom. The van der Waals surface area contributed by atoms with E-state index in [2.05, 4.69) is 0 Å². The van der Waals surface area contributed by atoms with Gasteiger partial charge in [0.05, 0.1) is 19.2 Å². The SMILES string of the molecule is COc1ccc(-c2nc(-c3ccsc3)c(CC(=O)OCN)s2)cc1. The Morgan fingerprint density at radius 2 is 2.00 bits per heavy atom. The Labute approximate surface area is 147 Å². The molecule has 7 heteroatoms. The number of ether oxygens (including phenoxy) is 2. The topological polar surface area (TPSA) is 74.4 Å². The van der Waals surface area contributed by atoms with Crippen molar-refractivity contribution >= 4 is 28.6 Å². The number of hydrogen-bond donors (Lipinski definition) is 1. The van der Waals surface area contributed by atoms with Crippen LogP contribution in [-0.2, 0) is 16.0 Å². The van der Waals surface area contributed by atoms with Crippen LogP contribution in [0.1, 0.15) is 4.88 Å². The number of carbonyl (C=O) groups excluding carboxylic acids is 1. The van der Waals surface area contributed by atoms with Gasteiger partial charge in [0.2, 0.25) is 0 Å². The van der Waals surface area contributed by atoms with Crippen molar-refractivity contribution in [3.8, 4) is 27.6 Å². The van der Waals surface area contributed by atoms with E-state index in [-0.39, 0.29) is 19.1 Å². The summed E-state index contributed by atoms with van der Waals surface area (Å²) in [6.07, 6.45) is 0.163. The molecule has 24 heavy (non-hydrogen) atoms. The molecule has 2 heterocycles. The second-order valence-electron chi connectivity index (χ2n) is 4.89. The van der Waals surface area contributed by atoms with Gasteiger partial charge in [-0.3, -0.25) is 10.5 Å². The van der Waals surface area contributed by atoms with Crippen LogP contribution in [0.25, 0.3) is 21.8 Å². The largest absolute Gasteiger partial charge is 0.497 e. The molecule has 0 radical (unpaired) electrons. The summed E-state index contributed by atoms with van der Waals surface area (Å²) in [4.78, 5) is 17.4. The number of nitrogens with two attached hydrogens (primary N) is 1. The summed E-state index contributed by atoms with van der Waals surface area (Å²) in [5.41, 5.74) is 8.08. The summed E-state index contributed by atoms with van der Waals surface area (Å²) in [5, 5.41) is 4.86. The van der Waals surface area contributed by atoms with Gasteiger partial charge in [0.15, 0.2) is 0 Å². The Bertz CT molecular complexity index is 811. The number of methoxy groups -OCH3 is 1. The van der Waals surface area contributed by atoms with Gasteiger partial charge in [-0.15, -0.1) is 11.3 Å². The van der Waals surface area contributed by atoms with Crippen LogP contribution in [0, 0.1) is 0 Å². The van der Waals surface area contributed by atoms with Crippen molar-refractivity contribution in [1.29, 1.82) is 0 Å². The third-order valence-corrected chi connectivity index (χ3v) is 5.17. The van der Waals surface area contributed by atoms with Crippen LogP contribution in [0.5, 0.6) is 5.75 Å². The Balaban J connectivity index is 1.97. The average molecular weight is 360 g/mol. The number of rotatable bonds is 6. The second-order valence-corrected chi connectivity index (χ2v) is 6.75. The van der Waals surface area contributed by atoms with Crippen molar-refractivity contribution in [1.82, 2.24) is 4.98 Å². The van der Waals surface area contributed by atoms with Crippen LogP contribution in [-0.4, -0.2) is 24.8 Å². The number of thiazole rings is 1. The van der Waals surface area contributed by atoms with Gasteiger partial charge in [-0.1, -0.05) is 0 Å². The Hall–Kier alpha value is -2.22. The zero-order valence-corrected chi connectivity index (χ0v) is 14.7. The minimum absolute atomic E-state index is 0.114. The highest BCUT2D eigenvalue weighted by atomic mass is 32.1. The molecule has 0 fully saturated rings. The van der Waals surface area contributed by atoms with Crippen LogP contribution in [0.3, 0.4) is 0 Å². The first-order chi connectivity index (χ1) is 11.7. The highest BCUT2D eigenvalue weighted by Crippen LogP contribution is 2.35. The lowest BCUT2D eigenvalue weighted by molar-refractivity contribution is -0.142. The maximum absolute atomic E-state index is 11.8. The molecule has 124 valence electrons. The molecule has 5 nitrogen and oxygen atoms in total. The lowest BCUT2D eigenvalue weighted by Crippen LogP contribution is -2.13. The van der Waals surface area contributed by atoms with E-state index in [4.69, 9.17) is 20.2 Å². The van der Waals surface area contributed by atoms with Crippen molar-refractivity contribution < 1.29 is 14.3 Å². The molecule has 0 aliphatic heterocycles. The standard InChI is InChI=1S/C17H16N2O3S2/c1-21-13-4-2-11(3-5-13)17-19-16(12-6-7-23-9-12)14(24-17)8-15(20)22-10-18/h2-7,9H,8,10,18H2,1H3. The van der Waals surface area contributed by atoms with Gasteiger partial charge in [-0.05, 0) is 35.7 Å². The maximum Gasteiger partial charge on any atom is 0.312 e. The molecule has 2 N–H and O–H groups in total. The molecule has 0 saturated carbocycles. The first-order valence-electron chi connectivity index (χ1n) is 7.23. The number of esters is 1. The molecular weight excluding hydrogens is 344 g/mol. The van der Waals surface area contributed by atoms with Crippen LogP contribution >= 0.6 is 22.7 Å². The third-order valence-electron chi connectivity index (χ3n) is 3.38. The summed E-state index contributed by atoms with van der Waals surface area (Å²) in [6, 6.07) is 9.69. The van der Waals surface area contributed by atoms with Gasteiger partial charge in [0, 0.05) is 21.4 Å². The maximum atomic E-state index is 11.8. The van der Waals surface area contributed by atoms with Gasteiger partial charge in [0.25, 0.3) is 0 Å². The first kappa shape index (κ1) is 16.6. The number of carbonyl (C=O) groups is 1. The van der Waals surface area contributed by atoms with Crippen LogP contribution in [0.4, 0.5) is 0 Å². The van der Waals surface area contributed by atoms with E-state index in [1.165, 1.54) is 11.3 Å². The van der Waals surface area contributed by atoms with E-state index in [9.17, 15) is 4.79 Å². The molecule has 1 aromatic carbocycles. The van der Waals surface area contributed by atoms with E-state index in [0.29, 0.717) is 0 Å². The van der Waals surface area contributed by atoms with E-state index in [1.807, 2.05) is 41.1 Å². The first-order valence-corrected chi connectivity index (χ1v) is 8.99. The lowest BCUT2D eigenvalue weighted by Gasteiger charge is -2.01. The third kappa shape index (κ3) is 3.64. The summed E-state index contributed by atoms with van der Waals surface area (Å²) in [5.74, 6) is 0.444. The fourth-order valence-corrected chi connectivity index (χ4v) is 3.94. The molecule has 0 saturated heterocycles. The highest BCUT2D eigenvalue weighted by molar-refractivity contribution is 7.15. The number of hydrogen-bond acceptors (Lipinski definition) is 7. The van der Waals surface area contributed by atoms with Crippen LogP contribution in [0.15, 0.2) is 41.1 Å². The van der Waals surface area contributed by atoms with Crippen molar-refractivity contribution in [2.75, 3.05) is 13.8 Å². The lowest BCUT2D eigenvalue weighted by atomic mass is 10.2. The number of aromatic nitrogens is 1. The summed E-state index contributed by atoms with van der Waals surface area (Å²) >= 11 is 3.08. The van der Waals surface area contributed by atoms with E-state index >= 15 is 0 Å². The van der Waals surface area contributed by atoms with Crippen molar-refractivity contribution in [2.24, 2.45) is 5.73 Å². The Morgan fingerprint density at radius 1 is 1.21 bits per heavy atom.